The highest BCUT2D eigenvalue weighted by molar-refractivity contribution is 4.81. The summed E-state index contributed by atoms with van der Waals surface area (Å²) in [6.45, 7) is 7.08. The topological polar surface area (TPSA) is 32.3 Å². The minimum absolute atomic E-state index is 0.274. The maximum atomic E-state index is 9.13. The van der Waals surface area contributed by atoms with Gasteiger partial charge >= 0.3 is 0 Å². The van der Waals surface area contributed by atoms with E-state index in [1.807, 2.05) is 0 Å². The number of rotatable bonds is 4. The van der Waals surface area contributed by atoms with Crippen LogP contribution < -0.4 is 5.32 Å². The molecule has 0 aromatic rings. The van der Waals surface area contributed by atoms with Crippen LogP contribution in [0.4, 0.5) is 0 Å². The van der Waals surface area contributed by atoms with Crippen LogP contribution in [0.15, 0.2) is 0 Å². The average molecular weight is 199 g/mol. The van der Waals surface area contributed by atoms with Gasteiger partial charge in [-0.15, -0.1) is 0 Å². The molecule has 0 aliphatic heterocycles. The summed E-state index contributed by atoms with van der Waals surface area (Å²) in [6.07, 6.45) is 4.95. The summed E-state index contributed by atoms with van der Waals surface area (Å²) in [6, 6.07) is 0.934. The summed E-state index contributed by atoms with van der Waals surface area (Å²) in [5.41, 5.74) is 0. The van der Waals surface area contributed by atoms with E-state index in [1.165, 1.54) is 19.3 Å². The van der Waals surface area contributed by atoms with Crippen LogP contribution in [0.2, 0.25) is 0 Å². The zero-order valence-corrected chi connectivity index (χ0v) is 9.79. The molecule has 1 fully saturated rings. The van der Waals surface area contributed by atoms with Gasteiger partial charge in [0, 0.05) is 12.1 Å². The minimum Gasteiger partial charge on any atom is -0.395 e. The lowest BCUT2D eigenvalue weighted by molar-refractivity contribution is 0.184. The van der Waals surface area contributed by atoms with E-state index in [9.17, 15) is 0 Å². The van der Waals surface area contributed by atoms with Crippen molar-refractivity contribution in [3.05, 3.63) is 0 Å². The van der Waals surface area contributed by atoms with Crippen molar-refractivity contribution in [1.29, 1.82) is 0 Å². The maximum Gasteiger partial charge on any atom is 0.0584 e. The van der Waals surface area contributed by atoms with Gasteiger partial charge < -0.3 is 10.4 Å². The Morgan fingerprint density at radius 1 is 1.21 bits per heavy atom. The molecule has 2 nitrogen and oxygen atoms in total. The summed E-state index contributed by atoms with van der Waals surface area (Å²) in [5, 5.41) is 12.7. The maximum absolute atomic E-state index is 9.13. The third kappa shape index (κ3) is 3.58. The van der Waals surface area contributed by atoms with E-state index in [1.54, 1.807) is 0 Å². The quantitative estimate of drug-likeness (QED) is 0.727. The van der Waals surface area contributed by atoms with Crippen LogP contribution >= 0.6 is 0 Å². The van der Waals surface area contributed by atoms with E-state index < -0.39 is 0 Å². The second-order valence-corrected chi connectivity index (χ2v) is 5.07. The smallest absolute Gasteiger partial charge is 0.0584 e. The number of aliphatic hydroxyl groups excluding tert-OH is 1. The fourth-order valence-electron chi connectivity index (χ4n) is 2.72. The van der Waals surface area contributed by atoms with Crippen LogP contribution in [0, 0.1) is 11.8 Å². The molecule has 1 unspecified atom stereocenters. The van der Waals surface area contributed by atoms with Crippen LogP contribution in [0.5, 0.6) is 0 Å². The minimum atomic E-state index is 0.274. The predicted molar refractivity (Wildman–Crippen MR) is 60.3 cm³/mol. The lowest BCUT2D eigenvalue weighted by Crippen LogP contribution is -2.43. The van der Waals surface area contributed by atoms with Gasteiger partial charge in [0.15, 0.2) is 0 Å². The Bertz CT molecular complexity index is 146. The van der Waals surface area contributed by atoms with Gasteiger partial charge in [-0.3, -0.25) is 0 Å². The van der Waals surface area contributed by atoms with Crippen LogP contribution in [0.3, 0.4) is 0 Å². The first-order chi connectivity index (χ1) is 6.65. The molecule has 1 rings (SSSR count). The van der Waals surface area contributed by atoms with Gasteiger partial charge in [0.25, 0.3) is 0 Å². The summed E-state index contributed by atoms with van der Waals surface area (Å²) >= 11 is 0. The molecule has 0 saturated heterocycles. The predicted octanol–water partition coefficient (Wildman–Crippen LogP) is 2.17. The molecule has 2 heteroatoms. The van der Waals surface area contributed by atoms with Gasteiger partial charge in [0.05, 0.1) is 6.61 Å². The first-order valence-electron chi connectivity index (χ1n) is 6.02. The van der Waals surface area contributed by atoms with Gasteiger partial charge in [0.1, 0.15) is 0 Å². The first-order valence-corrected chi connectivity index (χ1v) is 6.02. The van der Waals surface area contributed by atoms with Gasteiger partial charge in [-0.05, 0) is 37.5 Å². The summed E-state index contributed by atoms with van der Waals surface area (Å²) in [7, 11) is 0. The van der Waals surface area contributed by atoms with Crippen molar-refractivity contribution < 1.29 is 5.11 Å². The Hall–Kier alpha value is -0.0800. The van der Waals surface area contributed by atoms with Crippen molar-refractivity contribution >= 4 is 0 Å². The van der Waals surface area contributed by atoms with Crippen molar-refractivity contribution in [1.82, 2.24) is 5.32 Å². The van der Waals surface area contributed by atoms with Crippen molar-refractivity contribution in [3.8, 4) is 0 Å². The molecule has 1 aliphatic carbocycles. The van der Waals surface area contributed by atoms with E-state index >= 15 is 0 Å². The van der Waals surface area contributed by atoms with Crippen LogP contribution in [-0.4, -0.2) is 23.8 Å². The Kier molecular flexibility index (Phi) is 4.90. The van der Waals surface area contributed by atoms with Crippen LogP contribution in [0.1, 0.15) is 46.5 Å². The summed E-state index contributed by atoms with van der Waals surface area (Å²) in [5.74, 6) is 1.68. The fourth-order valence-corrected chi connectivity index (χ4v) is 2.72. The lowest BCUT2D eigenvalue weighted by Gasteiger charge is -2.34. The largest absolute Gasteiger partial charge is 0.395 e. The molecule has 0 heterocycles. The zero-order valence-electron chi connectivity index (χ0n) is 9.79. The van der Waals surface area contributed by atoms with E-state index in [0.717, 1.165) is 18.3 Å². The molecular formula is C12H25NO. The number of hydrogen-bond donors (Lipinski definition) is 2. The average Bonchev–Trinajstić information content (AvgIpc) is 2.12. The van der Waals surface area contributed by atoms with Crippen molar-refractivity contribution in [2.45, 2.75) is 58.5 Å². The Morgan fingerprint density at radius 3 is 2.21 bits per heavy atom. The summed E-state index contributed by atoms with van der Waals surface area (Å²) < 4.78 is 0. The second kappa shape index (κ2) is 5.72. The SMILES string of the molecule is CC[C@@H](CO)NC1C[C@@H](C)C[C@@H](C)C1. The number of aliphatic hydroxyl groups is 1. The monoisotopic (exact) mass is 199 g/mol. The Morgan fingerprint density at radius 2 is 1.79 bits per heavy atom. The molecule has 0 radical (unpaired) electrons. The van der Waals surface area contributed by atoms with Crippen molar-refractivity contribution in [2.75, 3.05) is 6.61 Å². The Labute approximate surface area is 88.1 Å². The van der Waals surface area contributed by atoms with Gasteiger partial charge in [0.2, 0.25) is 0 Å². The first kappa shape index (κ1) is 12.0. The molecule has 0 spiro atoms. The second-order valence-electron chi connectivity index (χ2n) is 5.07. The summed E-state index contributed by atoms with van der Waals surface area (Å²) in [4.78, 5) is 0. The van der Waals surface area contributed by atoms with Crippen LogP contribution in [-0.2, 0) is 0 Å². The highest BCUT2D eigenvalue weighted by atomic mass is 16.3. The van der Waals surface area contributed by atoms with Gasteiger partial charge in [-0.1, -0.05) is 20.8 Å². The molecule has 0 bridgehead atoms. The molecule has 1 aliphatic rings. The lowest BCUT2D eigenvalue weighted by atomic mass is 9.80. The van der Waals surface area contributed by atoms with E-state index in [0.29, 0.717) is 12.1 Å². The highest BCUT2D eigenvalue weighted by Crippen LogP contribution is 2.28. The molecule has 1 saturated carbocycles. The molecule has 2 N–H and O–H groups in total. The number of hydrogen-bond acceptors (Lipinski definition) is 2. The number of nitrogens with one attached hydrogen (secondary N) is 1. The van der Waals surface area contributed by atoms with E-state index in [-0.39, 0.29) is 6.61 Å². The zero-order chi connectivity index (χ0) is 10.6. The highest BCUT2D eigenvalue weighted by Gasteiger charge is 2.24. The molecule has 4 atom stereocenters. The normalized spacial score (nSPS) is 35.6. The molecule has 14 heavy (non-hydrogen) atoms. The third-order valence-electron chi connectivity index (χ3n) is 3.36. The van der Waals surface area contributed by atoms with Crippen molar-refractivity contribution in [2.24, 2.45) is 11.8 Å². The standard InChI is InChI=1S/C12H25NO/c1-4-11(8-14)13-12-6-9(2)5-10(3)7-12/h9-14H,4-8H2,1-3H3/t9-,10+,11-,12?/m0/s1. The third-order valence-corrected chi connectivity index (χ3v) is 3.36. The van der Waals surface area contributed by atoms with E-state index in [4.69, 9.17) is 5.11 Å². The van der Waals surface area contributed by atoms with Gasteiger partial charge in [-0.2, -0.15) is 0 Å². The van der Waals surface area contributed by atoms with E-state index in [2.05, 4.69) is 26.1 Å². The molecule has 84 valence electrons. The molecule has 0 amide bonds. The molecule has 0 aromatic heterocycles. The Balaban J connectivity index is 2.35. The fraction of sp³-hybridized carbons (Fsp3) is 1.00. The molecule has 0 aromatic carbocycles. The van der Waals surface area contributed by atoms with Gasteiger partial charge in [-0.25, -0.2) is 0 Å². The molecular weight excluding hydrogens is 174 g/mol. The van der Waals surface area contributed by atoms with Crippen LogP contribution in [0.25, 0.3) is 0 Å². The van der Waals surface area contributed by atoms with Crippen molar-refractivity contribution in [3.63, 3.8) is 0 Å².